The van der Waals surface area contributed by atoms with Crippen LogP contribution in [0.4, 0.5) is 0 Å². The fourth-order valence-corrected chi connectivity index (χ4v) is 2.81. The standard InChI is InChI=1S/C17H19NO2/c1-10-7-11(2)14(12(3)8-10)9-15-17(19)20-16(18-15)13-5-4-6-13/h7-9,13H,4-6H2,1-3H3/b15-9-. The second-order valence-electron chi connectivity index (χ2n) is 5.81. The van der Waals surface area contributed by atoms with Crippen LogP contribution in [0.2, 0.25) is 0 Å². The lowest BCUT2D eigenvalue weighted by atomic mass is 9.85. The van der Waals surface area contributed by atoms with Crippen molar-refractivity contribution >= 4 is 17.9 Å². The largest absolute Gasteiger partial charge is 0.406 e. The van der Waals surface area contributed by atoms with Crippen LogP contribution in [0.5, 0.6) is 0 Å². The Kier molecular flexibility index (Phi) is 3.20. The number of benzene rings is 1. The summed E-state index contributed by atoms with van der Waals surface area (Å²) in [4.78, 5) is 16.3. The van der Waals surface area contributed by atoms with Crippen molar-refractivity contribution in [3.05, 3.63) is 40.1 Å². The summed E-state index contributed by atoms with van der Waals surface area (Å²) in [5.41, 5.74) is 5.06. The monoisotopic (exact) mass is 269 g/mol. The van der Waals surface area contributed by atoms with Gasteiger partial charge in [-0.15, -0.1) is 0 Å². The van der Waals surface area contributed by atoms with Gasteiger partial charge in [0.1, 0.15) is 0 Å². The molecule has 3 rings (SSSR count). The van der Waals surface area contributed by atoms with Gasteiger partial charge >= 0.3 is 5.97 Å². The lowest BCUT2D eigenvalue weighted by Crippen LogP contribution is -2.22. The van der Waals surface area contributed by atoms with E-state index in [2.05, 4.69) is 37.9 Å². The SMILES string of the molecule is Cc1cc(C)c(/C=C2\N=C(C3CCC3)OC2=O)c(C)c1. The van der Waals surface area contributed by atoms with Gasteiger partial charge in [0.2, 0.25) is 5.90 Å². The van der Waals surface area contributed by atoms with Crippen LogP contribution < -0.4 is 0 Å². The minimum absolute atomic E-state index is 0.314. The van der Waals surface area contributed by atoms with Crippen LogP contribution in [0.3, 0.4) is 0 Å². The van der Waals surface area contributed by atoms with E-state index in [9.17, 15) is 4.79 Å². The molecular weight excluding hydrogens is 250 g/mol. The number of aryl methyl sites for hydroxylation is 3. The molecule has 0 saturated heterocycles. The zero-order valence-corrected chi connectivity index (χ0v) is 12.2. The third-order valence-corrected chi connectivity index (χ3v) is 4.11. The molecule has 1 aliphatic heterocycles. The lowest BCUT2D eigenvalue weighted by molar-refractivity contribution is -0.130. The molecule has 0 unspecified atom stereocenters. The maximum atomic E-state index is 11.9. The Balaban J connectivity index is 1.96. The highest BCUT2D eigenvalue weighted by Crippen LogP contribution is 2.32. The van der Waals surface area contributed by atoms with Gasteiger partial charge in [-0.05, 0) is 56.4 Å². The van der Waals surface area contributed by atoms with Crippen LogP contribution in [0, 0.1) is 26.7 Å². The molecule has 1 aromatic rings. The number of ether oxygens (including phenoxy) is 1. The van der Waals surface area contributed by atoms with Crippen LogP contribution in [0.25, 0.3) is 6.08 Å². The first-order chi connectivity index (χ1) is 9.54. The smallest absolute Gasteiger partial charge is 0.363 e. The number of carbonyl (C=O) groups excluding carboxylic acids is 1. The number of cyclic esters (lactones) is 1. The van der Waals surface area contributed by atoms with Crippen LogP contribution >= 0.6 is 0 Å². The van der Waals surface area contributed by atoms with Crippen LogP contribution in [0.15, 0.2) is 22.8 Å². The van der Waals surface area contributed by atoms with E-state index in [1.807, 2.05) is 6.08 Å². The maximum absolute atomic E-state index is 11.9. The molecule has 1 saturated carbocycles. The Bertz CT molecular complexity index is 613. The third kappa shape index (κ3) is 2.28. The van der Waals surface area contributed by atoms with Gasteiger partial charge in [0, 0.05) is 5.92 Å². The van der Waals surface area contributed by atoms with E-state index in [-0.39, 0.29) is 5.97 Å². The van der Waals surface area contributed by atoms with E-state index in [1.165, 1.54) is 12.0 Å². The molecule has 0 bridgehead atoms. The van der Waals surface area contributed by atoms with Crippen molar-refractivity contribution in [2.24, 2.45) is 10.9 Å². The fourth-order valence-electron chi connectivity index (χ4n) is 2.81. The Labute approximate surface area is 119 Å². The molecule has 104 valence electrons. The van der Waals surface area contributed by atoms with Crippen LogP contribution in [-0.2, 0) is 9.53 Å². The summed E-state index contributed by atoms with van der Waals surface area (Å²) >= 11 is 0. The number of hydrogen-bond acceptors (Lipinski definition) is 3. The first-order valence-electron chi connectivity index (χ1n) is 7.15. The van der Waals surface area contributed by atoms with Gasteiger partial charge in [0.25, 0.3) is 0 Å². The second-order valence-corrected chi connectivity index (χ2v) is 5.81. The van der Waals surface area contributed by atoms with Gasteiger partial charge in [-0.1, -0.05) is 24.1 Å². The average Bonchev–Trinajstić information content (AvgIpc) is 2.62. The number of nitrogens with zero attached hydrogens (tertiary/aromatic N) is 1. The predicted molar refractivity (Wildman–Crippen MR) is 79.5 cm³/mol. The van der Waals surface area contributed by atoms with Gasteiger partial charge in [-0.2, -0.15) is 0 Å². The van der Waals surface area contributed by atoms with Crippen LogP contribution in [0.1, 0.15) is 41.5 Å². The molecule has 0 amide bonds. The Hall–Kier alpha value is -1.90. The van der Waals surface area contributed by atoms with Gasteiger partial charge < -0.3 is 4.74 Å². The number of aliphatic imine (C=N–C) groups is 1. The molecule has 0 spiro atoms. The lowest BCUT2D eigenvalue weighted by Gasteiger charge is -2.23. The molecule has 1 fully saturated rings. The highest BCUT2D eigenvalue weighted by Gasteiger charge is 2.32. The molecule has 1 heterocycles. The van der Waals surface area contributed by atoms with Gasteiger partial charge in [0.15, 0.2) is 5.70 Å². The second kappa shape index (κ2) is 4.89. The first kappa shape index (κ1) is 13.1. The van der Waals surface area contributed by atoms with Crippen molar-refractivity contribution in [1.82, 2.24) is 0 Å². The molecule has 1 aliphatic carbocycles. The summed E-state index contributed by atoms with van der Waals surface area (Å²) < 4.78 is 5.30. The van der Waals surface area contributed by atoms with E-state index in [1.54, 1.807) is 0 Å². The Morgan fingerprint density at radius 2 is 1.85 bits per heavy atom. The van der Waals surface area contributed by atoms with E-state index in [0.29, 0.717) is 17.5 Å². The van der Waals surface area contributed by atoms with E-state index in [4.69, 9.17) is 4.74 Å². The Morgan fingerprint density at radius 3 is 2.40 bits per heavy atom. The number of esters is 1. The van der Waals surface area contributed by atoms with Gasteiger partial charge in [-0.3, -0.25) is 0 Å². The van der Waals surface area contributed by atoms with Crippen molar-refractivity contribution < 1.29 is 9.53 Å². The zero-order chi connectivity index (χ0) is 14.3. The maximum Gasteiger partial charge on any atom is 0.363 e. The molecule has 2 aliphatic rings. The molecule has 0 atom stereocenters. The summed E-state index contributed by atoms with van der Waals surface area (Å²) in [5, 5.41) is 0. The van der Waals surface area contributed by atoms with E-state index in [0.717, 1.165) is 29.5 Å². The number of carbonyl (C=O) groups is 1. The number of hydrogen-bond donors (Lipinski definition) is 0. The highest BCUT2D eigenvalue weighted by molar-refractivity contribution is 6.08. The molecule has 0 N–H and O–H groups in total. The van der Waals surface area contributed by atoms with Gasteiger partial charge in [0.05, 0.1) is 0 Å². The molecule has 20 heavy (non-hydrogen) atoms. The summed E-state index contributed by atoms with van der Waals surface area (Å²) in [6, 6.07) is 4.24. The minimum atomic E-state index is -0.314. The summed E-state index contributed by atoms with van der Waals surface area (Å²) in [6.45, 7) is 6.19. The van der Waals surface area contributed by atoms with Crippen molar-refractivity contribution in [2.45, 2.75) is 40.0 Å². The zero-order valence-electron chi connectivity index (χ0n) is 12.2. The topological polar surface area (TPSA) is 38.7 Å². The van der Waals surface area contributed by atoms with E-state index < -0.39 is 0 Å². The average molecular weight is 269 g/mol. The molecule has 1 aromatic carbocycles. The Morgan fingerprint density at radius 1 is 1.20 bits per heavy atom. The fraction of sp³-hybridized carbons (Fsp3) is 0.412. The highest BCUT2D eigenvalue weighted by atomic mass is 16.6. The summed E-state index contributed by atoms with van der Waals surface area (Å²) in [7, 11) is 0. The molecular formula is C17H19NO2. The normalized spacial score (nSPS) is 20.9. The molecule has 3 nitrogen and oxygen atoms in total. The van der Waals surface area contributed by atoms with Crippen molar-refractivity contribution in [3.63, 3.8) is 0 Å². The van der Waals surface area contributed by atoms with E-state index >= 15 is 0 Å². The van der Waals surface area contributed by atoms with Crippen molar-refractivity contribution in [3.8, 4) is 0 Å². The number of rotatable bonds is 2. The van der Waals surface area contributed by atoms with Gasteiger partial charge in [-0.25, -0.2) is 9.79 Å². The molecule has 0 radical (unpaired) electrons. The summed E-state index contributed by atoms with van der Waals surface area (Å²) in [5.74, 6) is 0.659. The third-order valence-electron chi connectivity index (χ3n) is 4.11. The van der Waals surface area contributed by atoms with Crippen molar-refractivity contribution in [1.29, 1.82) is 0 Å². The first-order valence-corrected chi connectivity index (χ1v) is 7.15. The predicted octanol–water partition coefficient (Wildman–Crippen LogP) is 3.71. The van der Waals surface area contributed by atoms with Crippen LogP contribution in [-0.4, -0.2) is 11.9 Å². The minimum Gasteiger partial charge on any atom is -0.406 e. The molecule has 0 aromatic heterocycles. The molecule has 3 heteroatoms. The summed E-state index contributed by atoms with van der Waals surface area (Å²) in [6.07, 6.45) is 5.23. The van der Waals surface area contributed by atoms with Crippen molar-refractivity contribution in [2.75, 3.05) is 0 Å². The quantitative estimate of drug-likeness (QED) is 0.606.